The first kappa shape index (κ1) is 14.2. The molecule has 0 fully saturated rings. The second kappa shape index (κ2) is 5.06. The molecule has 2 aromatic heterocycles. The molecule has 2 heterocycles. The van der Waals surface area contributed by atoms with E-state index in [9.17, 15) is 4.39 Å². The van der Waals surface area contributed by atoms with Gasteiger partial charge < -0.3 is 5.32 Å². The van der Waals surface area contributed by atoms with E-state index in [0.29, 0.717) is 11.2 Å². The van der Waals surface area contributed by atoms with E-state index < -0.39 is 5.82 Å². The predicted octanol–water partition coefficient (Wildman–Crippen LogP) is 4.07. The van der Waals surface area contributed by atoms with Crippen molar-refractivity contribution < 1.29 is 4.39 Å². The molecule has 0 aliphatic rings. The smallest absolute Gasteiger partial charge is 0.225 e. The average Bonchev–Trinajstić information content (AvgIpc) is 2.34. The minimum Gasteiger partial charge on any atom is -0.364 e. The highest BCUT2D eigenvalue weighted by atomic mass is 35.5. The molecule has 102 valence electrons. The normalized spacial score (nSPS) is 11.9. The number of anilines is 1. The lowest BCUT2D eigenvalue weighted by atomic mass is 10.0. The van der Waals surface area contributed by atoms with Gasteiger partial charge in [-0.3, -0.25) is 0 Å². The molecule has 0 saturated carbocycles. The molecule has 0 radical (unpaired) electrons. The molecule has 0 bridgehead atoms. The summed E-state index contributed by atoms with van der Waals surface area (Å²) in [5.41, 5.74) is -0.143. The van der Waals surface area contributed by atoms with Crippen LogP contribution < -0.4 is 5.32 Å². The number of nitrogens with one attached hydrogen (secondary N) is 1. The van der Waals surface area contributed by atoms with Crippen LogP contribution in [0.15, 0.2) is 6.20 Å². The average molecular weight is 303 g/mol. The minimum absolute atomic E-state index is 0.0388. The number of fused-ring (bicyclic) bond motifs is 1. The van der Waals surface area contributed by atoms with E-state index in [1.165, 1.54) is 6.20 Å². The molecule has 0 saturated heterocycles. The summed E-state index contributed by atoms with van der Waals surface area (Å²) in [7, 11) is 0. The van der Waals surface area contributed by atoms with Crippen molar-refractivity contribution >= 4 is 39.9 Å². The molecule has 0 unspecified atom stereocenters. The fourth-order valence-corrected chi connectivity index (χ4v) is 1.82. The zero-order valence-electron chi connectivity index (χ0n) is 10.8. The topological polar surface area (TPSA) is 50.7 Å². The van der Waals surface area contributed by atoms with E-state index in [4.69, 9.17) is 23.2 Å². The Kier molecular flexibility index (Phi) is 3.78. The van der Waals surface area contributed by atoms with Crippen LogP contribution in [0.2, 0.25) is 10.4 Å². The molecule has 0 aromatic carbocycles. The van der Waals surface area contributed by atoms with Gasteiger partial charge in [-0.1, -0.05) is 18.5 Å². The summed E-state index contributed by atoms with van der Waals surface area (Å²) in [5, 5.41) is 3.39. The third kappa shape index (κ3) is 2.87. The van der Waals surface area contributed by atoms with E-state index in [2.05, 4.69) is 20.3 Å². The van der Waals surface area contributed by atoms with E-state index in [0.717, 1.165) is 6.42 Å². The molecule has 0 amide bonds. The summed E-state index contributed by atoms with van der Waals surface area (Å²) >= 11 is 11.5. The van der Waals surface area contributed by atoms with Gasteiger partial charge in [0.25, 0.3) is 0 Å². The third-order valence-electron chi connectivity index (χ3n) is 2.96. The molecule has 4 nitrogen and oxygen atoms in total. The lowest BCUT2D eigenvalue weighted by Crippen LogP contribution is -2.30. The number of rotatable bonds is 3. The number of pyridine rings is 1. The van der Waals surface area contributed by atoms with Crippen LogP contribution in [0.5, 0.6) is 0 Å². The summed E-state index contributed by atoms with van der Waals surface area (Å²) < 4.78 is 13.9. The largest absolute Gasteiger partial charge is 0.364 e. The van der Waals surface area contributed by atoms with E-state index in [-0.39, 0.29) is 21.5 Å². The zero-order chi connectivity index (χ0) is 14.2. The Morgan fingerprint density at radius 2 is 2.00 bits per heavy atom. The quantitative estimate of drug-likeness (QED) is 0.686. The monoisotopic (exact) mass is 302 g/mol. The highest BCUT2D eigenvalue weighted by Crippen LogP contribution is 2.28. The summed E-state index contributed by atoms with van der Waals surface area (Å²) in [4.78, 5) is 11.7. The fraction of sp³-hybridized carbons (Fsp3) is 0.417. The van der Waals surface area contributed by atoms with Gasteiger partial charge in [0.1, 0.15) is 11.3 Å². The maximum atomic E-state index is 13.9. The van der Waals surface area contributed by atoms with Gasteiger partial charge in [0.05, 0.1) is 5.39 Å². The molecule has 0 aliphatic carbocycles. The molecule has 1 N–H and O–H groups in total. The number of hydrogen-bond donors (Lipinski definition) is 1. The summed E-state index contributed by atoms with van der Waals surface area (Å²) in [5.74, 6) is -0.245. The maximum Gasteiger partial charge on any atom is 0.225 e. The van der Waals surface area contributed by atoms with Gasteiger partial charge in [0.2, 0.25) is 5.28 Å². The highest BCUT2D eigenvalue weighted by Gasteiger charge is 2.20. The van der Waals surface area contributed by atoms with Gasteiger partial charge >= 0.3 is 0 Å². The van der Waals surface area contributed by atoms with Crippen molar-refractivity contribution in [2.24, 2.45) is 0 Å². The Balaban J connectivity index is 2.65. The van der Waals surface area contributed by atoms with Gasteiger partial charge in [0, 0.05) is 11.7 Å². The van der Waals surface area contributed by atoms with Crippen molar-refractivity contribution in [3.05, 3.63) is 22.5 Å². The summed E-state index contributed by atoms with van der Waals surface area (Å²) in [6.07, 6.45) is 2.30. The predicted molar refractivity (Wildman–Crippen MR) is 75.3 cm³/mol. The van der Waals surface area contributed by atoms with Crippen molar-refractivity contribution in [1.82, 2.24) is 15.0 Å². The lowest BCUT2D eigenvalue weighted by molar-refractivity contribution is 0.545. The molecular formula is C12H13Cl2FN4. The molecule has 0 atom stereocenters. The maximum absolute atomic E-state index is 13.9. The van der Waals surface area contributed by atoms with Crippen molar-refractivity contribution in [3.63, 3.8) is 0 Å². The molecule has 0 spiro atoms. The second-order valence-corrected chi connectivity index (χ2v) is 5.53. The van der Waals surface area contributed by atoms with Crippen molar-refractivity contribution in [2.75, 3.05) is 5.32 Å². The Morgan fingerprint density at radius 3 is 2.63 bits per heavy atom. The molecule has 2 rings (SSSR count). The Bertz CT molecular complexity index is 631. The van der Waals surface area contributed by atoms with Crippen molar-refractivity contribution in [2.45, 2.75) is 32.7 Å². The van der Waals surface area contributed by atoms with E-state index >= 15 is 0 Å². The standard InChI is InChI=1S/C12H13Cl2FN4/c1-4-12(2,3)19-10-6-5-16-9(13)7(15)8(6)17-11(14)18-10/h5H,4H2,1-3H3,(H,17,18,19). The molecular weight excluding hydrogens is 290 g/mol. The zero-order valence-corrected chi connectivity index (χ0v) is 12.3. The summed E-state index contributed by atoms with van der Waals surface area (Å²) in [6.45, 7) is 6.05. The van der Waals surface area contributed by atoms with Gasteiger partial charge in [-0.2, -0.15) is 0 Å². The van der Waals surface area contributed by atoms with Crippen molar-refractivity contribution in [3.8, 4) is 0 Å². The van der Waals surface area contributed by atoms with Crippen molar-refractivity contribution in [1.29, 1.82) is 0 Å². The Hall–Kier alpha value is -1.20. The molecule has 2 aromatic rings. The van der Waals surface area contributed by atoms with Crippen LogP contribution in [0.4, 0.5) is 10.2 Å². The lowest BCUT2D eigenvalue weighted by Gasteiger charge is -2.25. The third-order valence-corrected chi connectivity index (χ3v) is 3.39. The van der Waals surface area contributed by atoms with E-state index in [1.807, 2.05) is 20.8 Å². The van der Waals surface area contributed by atoms with Crippen LogP contribution in [0.3, 0.4) is 0 Å². The van der Waals surface area contributed by atoms with Crippen LogP contribution in [-0.2, 0) is 0 Å². The summed E-state index contributed by atoms with van der Waals surface area (Å²) in [6, 6.07) is 0. The van der Waals surface area contributed by atoms with Crippen LogP contribution in [0, 0.1) is 5.82 Å². The molecule has 19 heavy (non-hydrogen) atoms. The fourth-order valence-electron chi connectivity index (χ4n) is 1.51. The first-order valence-electron chi connectivity index (χ1n) is 5.79. The Morgan fingerprint density at radius 1 is 1.32 bits per heavy atom. The number of aromatic nitrogens is 3. The first-order valence-corrected chi connectivity index (χ1v) is 6.55. The number of nitrogens with zero attached hydrogens (tertiary/aromatic N) is 3. The first-order chi connectivity index (χ1) is 8.84. The van der Waals surface area contributed by atoms with Gasteiger partial charge in [-0.15, -0.1) is 0 Å². The van der Waals surface area contributed by atoms with Gasteiger partial charge in [-0.25, -0.2) is 19.3 Å². The SMILES string of the molecule is CCC(C)(C)Nc1nc(Cl)nc2c(F)c(Cl)ncc12. The van der Waals surface area contributed by atoms with Crippen LogP contribution in [-0.4, -0.2) is 20.5 Å². The molecule has 7 heteroatoms. The van der Waals surface area contributed by atoms with Gasteiger partial charge in [0.15, 0.2) is 11.0 Å². The minimum atomic E-state index is -0.694. The molecule has 0 aliphatic heterocycles. The van der Waals surface area contributed by atoms with E-state index in [1.54, 1.807) is 0 Å². The Labute approximate surface area is 120 Å². The van der Waals surface area contributed by atoms with Crippen LogP contribution >= 0.6 is 23.2 Å². The number of hydrogen-bond acceptors (Lipinski definition) is 4. The van der Waals surface area contributed by atoms with Gasteiger partial charge in [-0.05, 0) is 31.9 Å². The highest BCUT2D eigenvalue weighted by molar-refractivity contribution is 6.30. The van der Waals surface area contributed by atoms with Crippen LogP contribution in [0.1, 0.15) is 27.2 Å². The van der Waals surface area contributed by atoms with Crippen LogP contribution in [0.25, 0.3) is 10.9 Å². The number of halogens is 3. The second-order valence-electron chi connectivity index (χ2n) is 4.83.